The van der Waals surface area contributed by atoms with E-state index in [4.69, 9.17) is 9.47 Å². The van der Waals surface area contributed by atoms with E-state index in [1.165, 1.54) is 0 Å². The summed E-state index contributed by atoms with van der Waals surface area (Å²) in [5.41, 5.74) is 4.69. The Bertz CT molecular complexity index is 1020. The molecule has 0 saturated carbocycles. The summed E-state index contributed by atoms with van der Waals surface area (Å²) in [6.07, 6.45) is 5.71. The molecule has 0 fully saturated rings. The molecule has 180 valence electrons. The molecule has 1 aliphatic rings. The lowest BCUT2D eigenvalue weighted by Gasteiger charge is -2.31. The summed E-state index contributed by atoms with van der Waals surface area (Å²) in [5.74, 6) is -0.701. The maximum absolute atomic E-state index is 13.4. The number of carbonyl (C=O) groups excluding carboxylic acids is 2. The van der Waals surface area contributed by atoms with Gasteiger partial charge in [-0.25, -0.2) is 9.59 Å². The number of hydrogen-bond acceptors (Lipinski definition) is 4. The summed E-state index contributed by atoms with van der Waals surface area (Å²) >= 11 is 0. The summed E-state index contributed by atoms with van der Waals surface area (Å²) in [6, 6.07) is 19.7. The van der Waals surface area contributed by atoms with Gasteiger partial charge in [0.2, 0.25) is 0 Å². The molecule has 1 aliphatic carbocycles. The zero-order chi connectivity index (χ0) is 24.3. The number of rotatable bonds is 11. The van der Waals surface area contributed by atoms with Gasteiger partial charge in [-0.1, -0.05) is 93.3 Å². The van der Waals surface area contributed by atoms with Crippen LogP contribution in [0.25, 0.3) is 11.1 Å². The van der Waals surface area contributed by atoms with Crippen LogP contribution >= 0.6 is 0 Å². The molecule has 2 aromatic rings. The minimum absolute atomic E-state index is 0.0991. The van der Waals surface area contributed by atoms with E-state index in [9.17, 15) is 9.59 Å². The lowest BCUT2D eigenvalue weighted by molar-refractivity contribution is -0.140. The van der Waals surface area contributed by atoms with Crippen LogP contribution in [0.2, 0.25) is 0 Å². The highest BCUT2D eigenvalue weighted by molar-refractivity contribution is 6.20. The van der Waals surface area contributed by atoms with Crippen molar-refractivity contribution in [3.8, 4) is 0 Å². The molecule has 4 nitrogen and oxygen atoms in total. The maximum Gasteiger partial charge on any atom is 0.334 e. The predicted octanol–water partition coefficient (Wildman–Crippen LogP) is 7.01. The molecular formula is C30H36O4. The Labute approximate surface area is 203 Å². The van der Waals surface area contributed by atoms with E-state index in [0.29, 0.717) is 30.8 Å². The van der Waals surface area contributed by atoms with Crippen LogP contribution in [-0.2, 0) is 19.1 Å². The normalized spacial score (nSPS) is 15.9. The summed E-state index contributed by atoms with van der Waals surface area (Å²) in [6.45, 7) is 6.45. The molecule has 0 aliphatic heterocycles. The van der Waals surface area contributed by atoms with Crippen molar-refractivity contribution in [3.05, 3.63) is 82.9 Å². The molecule has 34 heavy (non-hydrogen) atoms. The van der Waals surface area contributed by atoms with Gasteiger partial charge in [0.15, 0.2) is 0 Å². The van der Waals surface area contributed by atoms with Gasteiger partial charge in [-0.3, -0.25) is 0 Å². The molecule has 0 heterocycles. The van der Waals surface area contributed by atoms with Crippen molar-refractivity contribution in [1.82, 2.24) is 0 Å². The molecule has 0 aromatic heterocycles. The fraction of sp³-hybridized carbons (Fsp3) is 0.400. The molecule has 1 unspecified atom stereocenters. The van der Waals surface area contributed by atoms with Gasteiger partial charge in [-0.15, -0.1) is 0 Å². The zero-order valence-corrected chi connectivity index (χ0v) is 20.6. The Morgan fingerprint density at radius 1 is 0.735 bits per heavy atom. The Hall–Kier alpha value is -3.14. The maximum atomic E-state index is 13.4. The molecule has 0 radical (unpaired) electrons. The number of allylic oxidation sites excluding steroid dienone is 2. The lowest BCUT2D eigenvalue weighted by Crippen LogP contribution is -2.26. The van der Waals surface area contributed by atoms with Crippen molar-refractivity contribution in [3.63, 3.8) is 0 Å². The zero-order valence-electron chi connectivity index (χ0n) is 20.6. The van der Waals surface area contributed by atoms with Crippen LogP contribution in [0.3, 0.4) is 0 Å². The third kappa shape index (κ3) is 6.05. The predicted molar refractivity (Wildman–Crippen MR) is 137 cm³/mol. The molecule has 3 rings (SSSR count). The fourth-order valence-corrected chi connectivity index (χ4v) is 4.71. The van der Waals surface area contributed by atoms with Crippen molar-refractivity contribution in [2.45, 2.75) is 59.3 Å². The Morgan fingerprint density at radius 3 is 1.85 bits per heavy atom. The van der Waals surface area contributed by atoms with Gasteiger partial charge in [0.25, 0.3) is 0 Å². The fourth-order valence-electron chi connectivity index (χ4n) is 4.71. The van der Waals surface area contributed by atoms with Crippen LogP contribution in [0, 0.1) is 5.92 Å². The van der Waals surface area contributed by atoms with Gasteiger partial charge in [0, 0.05) is 22.3 Å². The smallest absolute Gasteiger partial charge is 0.334 e. The van der Waals surface area contributed by atoms with E-state index in [2.05, 4.69) is 6.92 Å². The summed E-state index contributed by atoms with van der Waals surface area (Å²) < 4.78 is 11.1. The molecule has 0 spiro atoms. The van der Waals surface area contributed by atoms with Crippen molar-refractivity contribution in [2.75, 3.05) is 13.2 Å². The van der Waals surface area contributed by atoms with Crippen molar-refractivity contribution in [2.24, 2.45) is 5.92 Å². The highest BCUT2D eigenvalue weighted by Gasteiger charge is 2.37. The lowest BCUT2D eigenvalue weighted by atomic mass is 9.72. The van der Waals surface area contributed by atoms with Crippen molar-refractivity contribution < 1.29 is 19.1 Å². The Morgan fingerprint density at radius 2 is 1.29 bits per heavy atom. The van der Waals surface area contributed by atoms with Gasteiger partial charge < -0.3 is 9.47 Å². The number of benzene rings is 2. The molecular weight excluding hydrogens is 424 g/mol. The van der Waals surface area contributed by atoms with E-state index >= 15 is 0 Å². The first-order valence-electron chi connectivity index (χ1n) is 12.5. The third-order valence-corrected chi connectivity index (χ3v) is 6.23. The molecule has 0 bridgehead atoms. The first-order valence-corrected chi connectivity index (χ1v) is 12.5. The molecule has 2 aromatic carbocycles. The van der Waals surface area contributed by atoms with Gasteiger partial charge >= 0.3 is 11.9 Å². The number of carbonyl (C=O) groups is 2. The number of hydrogen-bond donors (Lipinski definition) is 0. The molecule has 0 amide bonds. The van der Waals surface area contributed by atoms with Gasteiger partial charge in [0.05, 0.1) is 13.2 Å². The molecule has 0 saturated heterocycles. The van der Waals surface area contributed by atoms with Crippen LogP contribution in [0.15, 0.2) is 71.8 Å². The Kier molecular flexibility index (Phi) is 9.69. The second kappa shape index (κ2) is 12.9. The van der Waals surface area contributed by atoms with Gasteiger partial charge in [0.1, 0.15) is 0 Å². The van der Waals surface area contributed by atoms with Gasteiger partial charge in [-0.05, 0) is 43.7 Å². The second-order valence-electron chi connectivity index (χ2n) is 8.57. The average molecular weight is 461 g/mol. The molecule has 1 atom stereocenters. The van der Waals surface area contributed by atoms with E-state index in [0.717, 1.165) is 54.4 Å². The minimum Gasteiger partial charge on any atom is -0.463 e. The second-order valence-corrected chi connectivity index (χ2v) is 8.57. The van der Waals surface area contributed by atoms with Crippen LogP contribution in [0.1, 0.15) is 70.4 Å². The van der Waals surface area contributed by atoms with Crippen LogP contribution < -0.4 is 0 Å². The first kappa shape index (κ1) is 25.5. The van der Waals surface area contributed by atoms with E-state index in [1.807, 2.05) is 74.5 Å². The topological polar surface area (TPSA) is 52.6 Å². The first-order chi connectivity index (χ1) is 16.6. The Balaban J connectivity index is 2.28. The third-order valence-electron chi connectivity index (χ3n) is 6.23. The summed E-state index contributed by atoms with van der Waals surface area (Å²) in [4.78, 5) is 26.7. The van der Waals surface area contributed by atoms with Crippen molar-refractivity contribution >= 4 is 23.1 Å². The summed E-state index contributed by atoms with van der Waals surface area (Å²) in [7, 11) is 0. The quantitative estimate of drug-likeness (QED) is 0.267. The molecule has 0 N–H and O–H groups in total. The van der Waals surface area contributed by atoms with E-state index in [1.54, 1.807) is 0 Å². The highest BCUT2D eigenvalue weighted by Crippen LogP contribution is 2.47. The van der Waals surface area contributed by atoms with E-state index in [-0.39, 0.29) is 17.9 Å². The summed E-state index contributed by atoms with van der Waals surface area (Å²) in [5, 5.41) is 0. The monoisotopic (exact) mass is 460 g/mol. The van der Waals surface area contributed by atoms with Crippen LogP contribution in [-0.4, -0.2) is 25.2 Å². The largest absolute Gasteiger partial charge is 0.463 e. The highest BCUT2D eigenvalue weighted by atomic mass is 16.5. The SMILES string of the molecule is CCCCCCC1CC(C(=O)OCC)=C(c2ccccc2)C(c2ccccc2)=C1C(=O)OCC. The van der Waals surface area contributed by atoms with E-state index < -0.39 is 0 Å². The minimum atomic E-state index is -0.309. The van der Waals surface area contributed by atoms with Crippen molar-refractivity contribution in [1.29, 1.82) is 0 Å². The number of unbranched alkanes of at least 4 members (excludes halogenated alkanes) is 3. The van der Waals surface area contributed by atoms with Crippen LogP contribution in [0.5, 0.6) is 0 Å². The van der Waals surface area contributed by atoms with Gasteiger partial charge in [-0.2, -0.15) is 0 Å². The average Bonchev–Trinajstić information content (AvgIpc) is 2.87. The molecule has 4 heteroatoms. The number of esters is 2. The standard InChI is InChI=1S/C30H36O4/c1-4-7-8-11-20-24-21-25(29(31)33-5-2)26(22-16-12-9-13-17-22)27(23-18-14-10-15-19-23)28(24)30(32)34-6-3/h9-10,12-19,24H,4-8,11,20-21H2,1-3H3. The van der Waals surface area contributed by atoms with Crippen LogP contribution in [0.4, 0.5) is 0 Å². The number of ether oxygens (including phenoxy) is 2.